The topological polar surface area (TPSA) is 26.0 Å². The Morgan fingerprint density at radius 2 is 2.12 bits per heavy atom. The van der Waals surface area contributed by atoms with E-state index in [1.165, 1.54) is 0 Å². The third kappa shape index (κ3) is 3.19. The maximum Gasteiger partial charge on any atom is 0.147 e. The molecule has 2 unspecified atom stereocenters. The molecule has 1 aromatic carbocycles. The molecule has 0 fully saturated rings. The molecule has 0 spiro atoms. The van der Waals surface area contributed by atoms with Crippen molar-refractivity contribution in [3.05, 3.63) is 33.0 Å². The van der Waals surface area contributed by atoms with E-state index in [0.29, 0.717) is 16.0 Å². The van der Waals surface area contributed by atoms with Gasteiger partial charge < -0.3 is 5.73 Å². The summed E-state index contributed by atoms with van der Waals surface area (Å²) >= 11 is 9.00. The lowest BCUT2D eigenvalue weighted by Crippen LogP contribution is -2.15. The number of hydrogen-bond acceptors (Lipinski definition) is 1. The summed E-state index contributed by atoms with van der Waals surface area (Å²) in [6.45, 7) is 4.21. The van der Waals surface area contributed by atoms with Crippen LogP contribution in [0.4, 0.5) is 4.39 Å². The second kappa shape index (κ2) is 5.99. The largest absolute Gasteiger partial charge is 0.324 e. The van der Waals surface area contributed by atoms with Gasteiger partial charge in [0, 0.05) is 16.1 Å². The average Bonchev–Trinajstić information content (AvgIpc) is 2.25. The van der Waals surface area contributed by atoms with Crippen LogP contribution in [0.1, 0.15) is 38.3 Å². The number of nitrogens with two attached hydrogens (primary N) is 1. The highest BCUT2D eigenvalue weighted by Crippen LogP contribution is 2.31. The Labute approximate surface area is 109 Å². The first kappa shape index (κ1) is 13.9. The molecule has 0 bridgehead atoms. The maximum atomic E-state index is 13.8. The zero-order valence-electron chi connectivity index (χ0n) is 9.43. The van der Waals surface area contributed by atoms with Crippen molar-refractivity contribution >= 4 is 27.5 Å². The normalized spacial score (nSPS) is 14.9. The quantitative estimate of drug-likeness (QED) is 0.803. The van der Waals surface area contributed by atoms with Crippen LogP contribution in [0, 0.1) is 11.7 Å². The molecule has 0 aliphatic carbocycles. The van der Waals surface area contributed by atoms with E-state index in [4.69, 9.17) is 17.3 Å². The molecule has 2 atom stereocenters. The molecular weight excluding hydrogens is 292 g/mol. The standard InChI is InChI=1S/C12H16BrClFN/c1-3-7(2)6-10(16)8-4-5-9(13)11(14)12(8)15/h4-5,7,10H,3,6,16H2,1-2H3. The molecule has 0 aliphatic heterocycles. The van der Waals surface area contributed by atoms with Crippen LogP contribution in [0.3, 0.4) is 0 Å². The van der Waals surface area contributed by atoms with Gasteiger partial charge in [-0.15, -0.1) is 0 Å². The van der Waals surface area contributed by atoms with Crippen molar-refractivity contribution < 1.29 is 4.39 Å². The fourth-order valence-electron chi connectivity index (χ4n) is 1.55. The van der Waals surface area contributed by atoms with E-state index in [0.717, 1.165) is 12.8 Å². The highest BCUT2D eigenvalue weighted by molar-refractivity contribution is 9.10. The van der Waals surface area contributed by atoms with Gasteiger partial charge in [0.1, 0.15) is 5.82 Å². The van der Waals surface area contributed by atoms with Crippen molar-refractivity contribution in [3.63, 3.8) is 0 Å². The lowest BCUT2D eigenvalue weighted by molar-refractivity contribution is 0.449. The Hall–Kier alpha value is -0.120. The van der Waals surface area contributed by atoms with Crippen LogP contribution in [0.15, 0.2) is 16.6 Å². The molecule has 0 saturated carbocycles. The van der Waals surface area contributed by atoms with Gasteiger partial charge in [-0.05, 0) is 34.3 Å². The molecular formula is C12H16BrClFN. The van der Waals surface area contributed by atoms with Crippen LogP contribution in [-0.4, -0.2) is 0 Å². The number of hydrogen-bond donors (Lipinski definition) is 1. The molecule has 90 valence electrons. The molecule has 0 amide bonds. The molecule has 0 saturated heterocycles. The molecule has 1 rings (SSSR count). The average molecular weight is 309 g/mol. The van der Waals surface area contributed by atoms with Crippen molar-refractivity contribution in [3.8, 4) is 0 Å². The molecule has 2 N–H and O–H groups in total. The van der Waals surface area contributed by atoms with E-state index < -0.39 is 5.82 Å². The third-order valence-corrected chi connectivity index (χ3v) is 4.08. The van der Waals surface area contributed by atoms with Gasteiger partial charge >= 0.3 is 0 Å². The fraction of sp³-hybridized carbons (Fsp3) is 0.500. The summed E-state index contributed by atoms with van der Waals surface area (Å²) in [5, 5.41) is 0.108. The SMILES string of the molecule is CCC(C)CC(N)c1ccc(Br)c(Cl)c1F. The second-order valence-electron chi connectivity index (χ2n) is 4.12. The summed E-state index contributed by atoms with van der Waals surface area (Å²) in [4.78, 5) is 0. The molecule has 0 aliphatic rings. The predicted molar refractivity (Wildman–Crippen MR) is 70.1 cm³/mol. The van der Waals surface area contributed by atoms with Crippen molar-refractivity contribution in [1.29, 1.82) is 0 Å². The highest BCUT2D eigenvalue weighted by atomic mass is 79.9. The van der Waals surface area contributed by atoms with Crippen molar-refractivity contribution in [2.45, 2.75) is 32.7 Å². The third-order valence-electron chi connectivity index (χ3n) is 2.82. The van der Waals surface area contributed by atoms with Gasteiger partial charge in [-0.3, -0.25) is 0 Å². The molecule has 0 aromatic heterocycles. The van der Waals surface area contributed by atoms with E-state index in [2.05, 4.69) is 29.8 Å². The predicted octanol–water partition coefficient (Wildman–Crippen LogP) is 4.68. The van der Waals surface area contributed by atoms with E-state index in [9.17, 15) is 4.39 Å². The lowest BCUT2D eigenvalue weighted by atomic mass is 9.95. The maximum absolute atomic E-state index is 13.8. The first-order chi connectivity index (χ1) is 7.47. The molecule has 16 heavy (non-hydrogen) atoms. The summed E-state index contributed by atoms with van der Waals surface area (Å²) in [7, 11) is 0. The molecule has 0 heterocycles. The zero-order valence-corrected chi connectivity index (χ0v) is 11.8. The fourth-order valence-corrected chi connectivity index (χ4v) is 2.03. The van der Waals surface area contributed by atoms with E-state index in [-0.39, 0.29) is 11.1 Å². The minimum atomic E-state index is -0.410. The minimum absolute atomic E-state index is 0.108. The summed E-state index contributed by atoms with van der Waals surface area (Å²) in [6.07, 6.45) is 1.81. The highest BCUT2D eigenvalue weighted by Gasteiger charge is 2.17. The second-order valence-corrected chi connectivity index (χ2v) is 5.35. The Bertz CT molecular complexity index is 370. The van der Waals surface area contributed by atoms with Crippen LogP contribution in [-0.2, 0) is 0 Å². The first-order valence-electron chi connectivity index (χ1n) is 5.36. The lowest BCUT2D eigenvalue weighted by Gasteiger charge is -2.17. The van der Waals surface area contributed by atoms with Gasteiger partial charge in [-0.25, -0.2) is 4.39 Å². The number of rotatable bonds is 4. The number of benzene rings is 1. The van der Waals surface area contributed by atoms with Crippen LogP contribution >= 0.6 is 27.5 Å². The van der Waals surface area contributed by atoms with Crippen LogP contribution in [0.2, 0.25) is 5.02 Å². The summed E-state index contributed by atoms with van der Waals surface area (Å²) in [6, 6.07) is 3.13. The van der Waals surface area contributed by atoms with Gasteiger partial charge in [0.05, 0.1) is 5.02 Å². The molecule has 1 nitrogen and oxygen atoms in total. The smallest absolute Gasteiger partial charge is 0.147 e. The molecule has 0 radical (unpaired) electrons. The van der Waals surface area contributed by atoms with Crippen LogP contribution < -0.4 is 5.73 Å². The zero-order chi connectivity index (χ0) is 12.3. The summed E-state index contributed by atoms with van der Waals surface area (Å²) in [5.41, 5.74) is 6.47. The molecule has 4 heteroatoms. The van der Waals surface area contributed by atoms with Gasteiger partial charge in [0.25, 0.3) is 0 Å². The van der Waals surface area contributed by atoms with Crippen LogP contribution in [0.25, 0.3) is 0 Å². The Balaban J connectivity index is 2.92. The van der Waals surface area contributed by atoms with Crippen molar-refractivity contribution in [2.24, 2.45) is 11.7 Å². The Morgan fingerprint density at radius 3 is 2.69 bits per heavy atom. The van der Waals surface area contributed by atoms with E-state index in [1.807, 2.05) is 0 Å². The van der Waals surface area contributed by atoms with Crippen LogP contribution in [0.5, 0.6) is 0 Å². The van der Waals surface area contributed by atoms with E-state index >= 15 is 0 Å². The van der Waals surface area contributed by atoms with Gasteiger partial charge in [0.15, 0.2) is 0 Å². The van der Waals surface area contributed by atoms with E-state index in [1.54, 1.807) is 12.1 Å². The minimum Gasteiger partial charge on any atom is -0.324 e. The van der Waals surface area contributed by atoms with Gasteiger partial charge in [-0.2, -0.15) is 0 Å². The van der Waals surface area contributed by atoms with Gasteiger partial charge in [0.2, 0.25) is 0 Å². The summed E-state index contributed by atoms with van der Waals surface area (Å²) < 4.78 is 14.4. The monoisotopic (exact) mass is 307 g/mol. The summed E-state index contributed by atoms with van der Waals surface area (Å²) in [5.74, 6) is 0.0728. The molecule has 1 aromatic rings. The first-order valence-corrected chi connectivity index (χ1v) is 6.53. The Morgan fingerprint density at radius 1 is 1.50 bits per heavy atom. The Kier molecular flexibility index (Phi) is 5.22. The number of halogens is 3. The van der Waals surface area contributed by atoms with Crippen molar-refractivity contribution in [1.82, 2.24) is 0 Å². The van der Waals surface area contributed by atoms with Crippen molar-refractivity contribution in [2.75, 3.05) is 0 Å². The van der Waals surface area contributed by atoms with Gasteiger partial charge in [-0.1, -0.05) is 37.9 Å².